The van der Waals surface area contributed by atoms with E-state index in [4.69, 9.17) is 15.2 Å². The second-order valence-electron chi connectivity index (χ2n) is 18.3. The second kappa shape index (κ2) is 21.8. The molecule has 4 rings (SSSR count). The number of halogens is 1. The molecule has 340 valence electrons. The van der Waals surface area contributed by atoms with Gasteiger partial charge in [0.2, 0.25) is 23.6 Å². The highest BCUT2D eigenvalue weighted by Gasteiger charge is 2.44. The van der Waals surface area contributed by atoms with Crippen LogP contribution in [-0.2, 0) is 30.3 Å². The molecule has 62 heavy (non-hydrogen) atoms. The van der Waals surface area contributed by atoms with Crippen LogP contribution >= 0.6 is 11.3 Å². The standard InChI is InChI=1S/C46H65FN6O8S/c1-27-21-32(39(47)36(22-27)60-25-33(19-20-37(48)55)51-44(59)61-46(7,8)9)13-11-10-12-14-38(56)52-41(45(4,5)6)43(58)53-24-34(54)23-35(53)42(57)50-28(2)30-15-17-31(18-16-30)40-29(3)49-26-62-40/h15-18,21-22,26,28,33-35,41,54H,10-14,19-20,23-25H2,1-9H3,(H2,48,55)(H,50,57)(H,51,59)(H,52,56)/t28?,33?,34?,35-,41?/m0/s1. The molecule has 1 aliphatic rings. The lowest BCUT2D eigenvalue weighted by Crippen LogP contribution is -2.57. The van der Waals surface area contributed by atoms with Crippen molar-refractivity contribution in [1.82, 2.24) is 25.8 Å². The molecule has 0 aliphatic carbocycles. The molecule has 0 radical (unpaired) electrons. The molecule has 1 fully saturated rings. The summed E-state index contributed by atoms with van der Waals surface area (Å²) in [6.45, 7) is 16.2. The Balaban J connectivity index is 1.29. The number of rotatable bonds is 19. The lowest BCUT2D eigenvalue weighted by Gasteiger charge is -2.35. The fourth-order valence-corrected chi connectivity index (χ4v) is 8.11. The number of amides is 5. The summed E-state index contributed by atoms with van der Waals surface area (Å²) in [6, 6.07) is 8.31. The topological polar surface area (TPSA) is 202 Å². The van der Waals surface area contributed by atoms with Crippen LogP contribution in [0.2, 0.25) is 0 Å². The van der Waals surface area contributed by atoms with Gasteiger partial charge >= 0.3 is 6.09 Å². The van der Waals surface area contributed by atoms with Gasteiger partial charge < -0.3 is 41.2 Å². The van der Waals surface area contributed by atoms with Gasteiger partial charge in [-0.3, -0.25) is 19.2 Å². The van der Waals surface area contributed by atoms with Crippen LogP contribution in [0.4, 0.5) is 9.18 Å². The molecule has 1 aliphatic heterocycles. The Bertz CT molecular complexity index is 2030. The molecule has 0 spiro atoms. The van der Waals surface area contributed by atoms with E-state index in [0.29, 0.717) is 31.2 Å². The van der Waals surface area contributed by atoms with Crippen molar-refractivity contribution in [1.29, 1.82) is 0 Å². The number of aliphatic hydroxyl groups is 1. The van der Waals surface area contributed by atoms with Gasteiger partial charge in [0.25, 0.3) is 0 Å². The average molecular weight is 881 g/mol. The van der Waals surface area contributed by atoms with Crippen molar-refractivity contribution in [2.45, 2.75) is 150 Å². The van der Waals surface area contributed by atoms with E-state index in [1.54, 1.807) is 49.8 Å². The molecule has 0 saturated carbocycles. The Morgan fingerprint density at radius 3 is 2.29 bits per heavy atom. The predicted octanol–water partition coefficient (Wildman–Crippen LogP) is 6.58. The van der Waals surface area contributed by atoms with Crippen LogP contribution in [0.1, 0.15) is 122 Å². The van der Waals surface area contributed by atoms with E-state index in [1.807, 2.05) is 65.8 Å². The van der Waals surface area contributed by atoms with E-state index < -0.39 is 59.0 Å². The molecule has 4 unspecified atom stereocenters. The fraction of sp³-hybridized carbons (Fsp3) is 0.565. The van der Waals surface area contributed by atoms with Crippen LogP contribution < -0.4 is 26.4 Å². The van der Waals surface area contributed by atoms with Gasteiger partial charge in [-0.15, -0.1) is 11.3 Å². The van der Waals surface area contributed by atoms with Gasteiger partial charge in [0.05, 0.1) is 34.3 Å². The number of aromatic nitrogens is 1. The molecule has 2 aromatic carbocycles. The third-order valence-electron chi connectivity index (χ3n) is 10.6. The van der Waals surface area contributed by atoms with Gasteiger partial charge in [-0.1, -0.05) is 57.5 Å². The molecule has 5 amide bonds. The molecule has 3 aromatic rings. The van der Waals surface area contributed by atoms with E-state index in [1.165, 1.54) is 4.90 Å². The zero-order valence-electron chi connectivity index (χ0n) is 37.6. The number of benzene rings is 2. The van der Waals surface area contributed by atoms with Gasteiger partial charge in [0, 0.05) is 25.8 Å². The molecule has 5 atom stereocenters. The summed E-state index contributed by atoms with van der Waals surface area (Å²) in [6.07, 6.45) is 0.844. The summed E-state index contributed by atoms with van der Waals surface area (Å²) in [5.41, 5.74) is 9.77. The number of primary amides is 1. The Hall–Kier alpha value is -5.09. The summed E-state index contributed by atoms with van der Waals surface area (Å²) in [7, 11) is 0. The number of nitrogens with zero attached hydrogens (tertiary/aromatic N) is 2. The fourth-order valence-electron chi connectivity index (χ4n) is 7.30. The minimum atomic E-state index is -0.953. The van der Waals surface area contributed by atoms with E-state index >= 15 is 4.39 Å². The van der Waals surface area contributed by atoms with Crippen molar-refractivity contribution in [3.05, 3.63) is 70.1 Å². The highest BCUT2D eigenvalue weighted by molar-refractivity contribution is 7.13. The second-order valence-corrected chi connectivity index (χ2v) is 19.2. The van der Waals surface area contributed by atoms with Crippen LogP contribution in [-0.4, -0.2) is 87.7 Å². The van der Waals surface area contributed by atoms with Crippen molar-refractivity contribution in [3.63, 3.8) is 0 Å². The first-order valence-electron chi connectivity index (χ1n) is 21.3. The monoisotopic (exact) mass is 880 g/mol. The van der Waals surface area contributed by atoms with Gasteiger partial charge in [-0.2, -0.15) is 0 Å². The SMILES string of the molecule is Cc1cc(CCCCCC(=O)NC(C(=O)N2CC(O)C[C@H]2C(=O)NC(C)c2ccc(-c3scnc3C)cc2)C(C)(C)C)c(F)c(OCC(CCC(N)=O)NC(=O)OC(C)(C)C)c1. The average Bonchev–Trinajstić information content (AvgIpc) is 3.79. The first-order valence-corrected chi connectivity index (χ1v) is 22.2. The van der Waals surface area contributed by atoms with E-state index in [-0.39, 0.29) is 62.4 Å². The first kappa shape index (κ1) is 49.6. The van der Waals surface area contributed by atoms with Crippen LogP contribution in [0.15, 0.2) is 41.9 Å². The number of nitrogens with two attached hydrogens (primary N) is 1. The number of hydrogen-bond acceptors (Lipinski definition) is 10. The highest BCUT2D eigenvalue weighted by atomic mass is 32.1. The maximum Gasteiger partial charge on any atom is 0.407 e. The van der Waals surface area contributed by atoms with Gasteiger partial charge in [0.15, 0.2) is 11.6 Å². The zero-order chi connectivity index (χ0) is 45.9. The van der Waals surface area contributed by atoms with Crippen LogP contribution in [0.3, 0.4) is 0 Å². The number of carbonyl (C=O) groups excluding carboxylic acids is 5. The number of thiazole rings is 1. The van der Waals surface area contributed by atoms with Crippen molar-refractivity contribution in [3.8, 4) is 16.2 Å². The third kappa shape index (κ3) is 14.8. The number of carbonyl (C=O) groups is 5. The molecule has 16 heteroatoms. The van der Waals surface area contributed by atoms with Crippen LogP contribution in [0.25, 0.3) is 10.4 Å². The lowest BCUT2D eigenvalue weighted by molar-refractivity contribution is -0.144. The number of alkyl carbamates (subject to hydrolysis) is 1. The maximum absolute atomic E-state index is 15.7. The van der Waals surface area contributed by atoms with Crippen LogP contribution in [0.5, 0.6) is 5.75 Å². The molecule has 1 saturated heterocycles. The summed E-state index contributed by atoms with van der Waals surface area (Å²) in [5, 5.41) is 19.2. The molecule has 14 nitrogen and oxygen atoms in total. The Morgan fingerprint density at radius 2 is 1.68 bits per heavy atom. The minimum absolute atomic E-state index is 0.00999. The number of hydrogen-bond donors (Lipinski definition) is 5. The Labute approximate surface area is 368 Å². The molecule has 2 heterocycles. The van der Waals surface area contributed by atoms with Crippen molar-refractivity contribution < 1.29 is 42.9 Å². The van der Waals surface area contributed by atoms with E-state index in [0.717, 1.165) is 27.3 Å². The lowest BCUT2D eigenvalue weighted by atomic mass is 9.85. The zero-order valence-corrected chi connectivity index (χ0v) is 38.4. The van der Waals surface area contributed by atoms with Gasteiger partial charge in [-0.25, -0.2) is 14.2 Å². The summed E-state index contributed by atoms with van der Waals surface area (Å²) < 4.78 is 26.8. The number of ether oxygens (including phenoxy) is 2. The van der Waals surface area contributed by atoms with Crippen molar-refractivity contribution in [2.75, 3.05) is 13.2 Å². The van der Waals surface area contributed by atoms with Gasteiger partial charge in [0.1, 0.15) is 24.3 Å². The summed E-state index contributed by atoms with van der Waals surface area (Å²) in [4.78, 5) is 71.7. The molecular weight excluding hydrogens is 816 g/mol. The Morgan fingerprint density at radius 1 is 0.984 bits per heavy atom. The molecule has 6 N–H and O–H groups in total. The maximum atomic E-state index is 15.7. The summed E-state index contributed by atoms with van der Waals surface area (Å²) >= 11 is 1.56. The number of aliphatic hydroxyl groups excluding tert-OH is 1. The normalized spacial score (nSPS) is 16.9. The van der Waals surface area contributed by atoms with Crippen molar-refractivity contribution in [2.24, 2.45) is 11.1 Å². The van der Waals surface area contributed by atoms with Gasteiger partial charge in [-0.05, 0) is 101 Å². The van der Waals surface area contributed by atoms with E-state index in [2.05, 4.69) is 20.9 Å². The first-order chi connectivity index (χ1) is 29.0. The smallest absolute Gasteiger partial charge is 0.407 e. The van der Waals surface area contributed by atoms with Crippen LogP contribution in [0, 0.1) is 25.1 Å². The third-order valence-corrected chi connectivity index (χ3v) is 11.5. The van der Waals surface area contributed by atoms with E-state index in [9.17, 15) is 29.1 Å². The molecule has 0 bridgehead atoms. The number of likely N-dealkylation sites (tertiary alicyclic amines) is 1. The summed E-state index contributed by atoms with van der Waals surface area (Å²) in [5.74, 6) is -2.21. The largest absolute Gasteiger partial charge is 0.488 e. The van der Waals surface area contributed by atoms with Crippen molar-refractivity contribution >= 4 is 41.1 Å². The number of β-amino-alcohol motifs (C(OH)–C–C–N with tert-alkyl or cyclic N) is 1. The minimum Gasteiger partial charge on any atom is -0.488 e. The Kier molecular flexibility index (Phi) is 17.4. The number of unbranched alkanes of at least 4 members (excludes halogenated alkanes) is 2. The number of aryl methyl sites for hydroxylation is 3. The quantitative estimate of drug-likeness (QED) is 0.0825. The molecule has 1 aromatic heterocycles. The highest BCUT2D eigenvalue weighted by Crippen LogP contribution is 2.30. The number of nitrogens with one attached hydrogen (secondary N) is 3. The predicted molar refractivity (Wildman–Crippen MR) is 237 cm³/mol. The molecular formula is C46H65FN6O8S.